The molecule has 2 aromatic carbocycles. The van der Waals surface area contributed by atoms with Gasteiger partial charge in [-0.2, -0.15) is 5.10 Å². The number of pyridine rings is 1. The first-order valence-electron chi connectivity index (χ1n) is 7.39. The predicted molar refractivity (Wildman–Crippen MR) is 92.3 cm³/mol. The Morgan fingerprint density at radius 1 is 1.20 bits per heavy atom. The van der Waals surface area contributed by atoms with E-state index in [-0.39, 0.29) is 5.56 Å². The van der Waals surface area contributed by atoms with Gasteiger partial charge in [-0.3, -0.25) is 9.59 Å². The lowest BCUT2D eigenvalue weighted by molar-refractivity contribution is 0.0950. The van der Waals surface area contributed by atoms with Crippen molar-refractivity contribution >= 4 is 23.0 Å². The average molecular weight is 339 g/mol. The summed E-state index contributed by atoms with van der Waals surface area (Å²) in [5, 5.41) is 14.3. The molecule has 126 valence electrons. The van der Waals surface area contributed by atoms with Crippen LogP contribution in [0.25, 0.3) is 10.9 Å². The molecule has 0 aliphatic carbocycles. The van der Waals surface area contributed by atoms with Crippen LogP contribution in [0.3, 0.4) is 0 Å². The highest BCUT2D eigenvalue weighted by atomic mass is 19.1. The van der Waals surface area contributed by atoms with Crippen molar-refractivity contribution in [2.45, 2.75) is 0 Å². The van der Waals surface area contributed by atoms with Gasteiger partial charge in [0.1, 0.15) is 17.1 Å². The fourth-order valence-electron chi connectivity index (χ4n) is 2.48. The monoisotopic (exact) mass is 339 g/mol. The number of halogens is 1. The van der Waals surface area contributed by atoms with Crippen molar-refractivity contribution in [1.82, 2.24) is 9.99 Å². The van der Waals surface area contributed by atoms with Crippen LogP contribution in [-0.4, -0.2) is 21.8 Å². The number of aromatic nitrogens is 1. The third-order valence-corrected chi connectivity index (χ3v) is 3.78. The summed E-state index contributed by atoms with van der Waals surface area (Å²) in [7, 11) is 1.50. The van der Waals surface area contributed by atoms with Gasteiger partial charge >= 0.3 is 0 Å². The summed E-state index contributed by atoms with van der Waals surface area (Å²) in [4.78, 5) is 24.6. The van der Waals surface area contributed by atoms with Crippen LogP contribution in [0.4, 0.5) is 4.39 Å². The zero-order valence-electron chi connectivity index (χ0n) is 13.2. The molecule has 1 heterocycles. The number of aromatic hydroxyl groups is 1. The van der Waals surface area contributed by atoms with Crippen LogP contribution in [0.15, 0.2) is 58.4 Å². The van der Waals surface area contributed by atoms with Gasteiger partial charge in [0.05, 0.1) is 11.7 Å². The molecule has 7 heteroatoms. The highest BCUT2D eigenvalue weighted by Gasteiger charge is 2.20. The zero-order valence-corrected chi connectivity index (χ0v) is 13.2. The topological polar surface area (TPSA) is 83.7 Å². The Balaban J connectivity index is 1.95. The Morgan fingerprint density at radius 2 is 1.88 bits per heavy atom. The number of hydrogen-bond donors (Lipinski definition) is 2. The van der Waals surface area contributed by atoms with E-state index >= 15 is 0 Å². The van der Waals surface area contributed by atoms with Gasteiger partial charge in [0.15, 0.2) is 0 Å². The van der Waals surface area contributed by atoms with Gasteiger partial charge < -0.3 is 9.67 Å². The summed E-state index contributed by atoms with van der Waals surface area (Å²) in [6.07, 6.45) is 1.12. The first kappa shape index (κ1) is 16.4. The van der Waals surface area contributed by atoms with E-state index in [1.54, 1.807) is 30.3 Å². The lowest BCUT2D eigenvalue weighted by atomic mass is 10.1. The largest absolute Gasteiger partial charge is 0.506 e. The number of hydrogen-bond acceptors (Lipinski definition) is 4. The quantitative estimate of drug-likeness (QED) is 0.566. The molecular weight excluding hydrogens is 325 g/mol. The molecule has 2 N–H and O–H groups in total. The molecule has 0 unspecified atom stereocenters. The second-order valence-corrected chi connectivity index (χ2v) is 5.33. The maximum Gasteiger partial charge on any atom is 0.280 e. The Labute approximate surface area is 141 Å². The number of para-hydroxylation sites is 1. The third-order valence-electron chi connectivity index (χ3n) is 3.78. The lowest BCUT2D eigenvalue weighted by Crippen LogP contribution is -2.30. The molecule has 0 aliphatic heterocycles. The van der Waals surface area contributed by atoms with E-state index in [9.17, 15) is 19.1 Å². The van der Waals surface area contributed by atoms with Gasteiger partial charge in [0.25, 0.3) is 11.5 Å². The van der Waals surface area contributed by atoms with Gasteiger partial charge in [0, 0.05) is 18.0 Å². The Hall–Kier alpha value is -3.48. The van der Waals surface area contributed by atoms with Crippen molar-refractivity contribution in [3.05, 3.63) is 75.8 Å². The summed E-state index contributed by atoms with van der Waals surface area (Å²) in [6, 6.07) is 12.6. The summed E-state index contributed by atoms with van der Waals surface area (Å²) in [6.45, 7) is 0. The number of carbonyl (C=O) groups excluding carboxylic acids is 1. The molecule has 0 aliphatic rings. The van der Waals surface area contributed by atoms with Crippen molar-refractivity contribution in [1.29, 1.82) is 0 Å². The molecule has 0 saturated heterocycles. The molecule has 1 aromatic heterocycles. The Kier molecular flexibility index (Phi) is 4.30. The number of fused-ring (bicyclic) bond motifs is 1. The third kappa shape index (κ3) is 2.99. The van der Waals surface area contributed by atoms with Crippen LogP contribution in [0.1, 0.15) is 15.9 Å². The second kappa shape index (κ2) is 6.56. The van der Waals surface area contributed by atoms with E-state index in [4.69, 9.17) is 0 Å². The number of amides is 1. The van der Waals surface area contributed by atoms with Crippen molar-refractivity contribution in [3.63, 3.8) is 0 Å². The minimum absolute atomic E-state index is 0.179. The molecular formula is C18H14FN3O3. The standard InChI is InChI=1S/C18H14FN3O3/c1-22-14-9-5-3-7-12(14)16(23)15(18(22)25)17(24)21-20-10-11-6-2-4-8-13(11)19/h2-10,23H,1H3,(H,21,24). The number of rotatable bonds is 3. The predicted octanol–water partition coefficient (Wildman–Crippen LogP) is 2.15. The number of nitrogens with one attached hydrogen (secondary N) is 1. The molecule has 6 nitrogen and oxygen atoms in total. The number of aryl methyl sites for hydroxylation is 1. The molecule has 1 amide bonds. The minimum atomic E-state index is -0.878. The SMILES string of the molecule is Cn1c(=O)c(C(=O)NN=Cc2ccccc2F)c(O)c2ccccc21. The Morgan fingerprint density at radius 3 is 2.64 bits per heavy atom. The highest BCUT2D eigenvalue weighted by molar-refractivity contribution is 6.02. The summed E-state index contributed by atoms with van der Waals surface area (Å²) >= 11 is 0. The molecule has 0 saturated carbocycles. The van der Waals surface area contributed by atoms with Gasteiger partial charge in [-0.25, -0.2) is 9.82 Å². The van der Waals surface area contributed by atoms with E-state index in [2.05, 4.69) is 10.5 Å². The number of benzene rings is 2. The van der Waals surface area contributed by atoms with Gasteiger partial charge in [0.2, 0.25) is 0 Å². The van der Waals surface area contributed by atoms with Gasteiger partial charge in [-0.05, 0) is 18.2 Å². The zero-order chi connectivity index (χ0) is 18.0. The number of carbonyl (C=O) groups is 1. The van der Waals surface area contributed by atoms with E-state index in [1.165, 1.54) is 29.8 Å². The van der Waals surface area contributed by atoms with Crippen LogP contribution in [0.2, 0.25) is 0 Å². The lowest BCUT2D eigenvalue weighted by Gasteiger charge is -2.10. The van der Waals surface area contributed by atoms with E-state index in [1.807, 2.05) is 0 Å². The van der Waals surface area contributed by atoms with Gasteiger partial charge in [-0.15, -0.1) is 0 Å². The molecule has 0 bridgehead atoms. The minimum Gasteiger partial charge on any atom is -0.506 e. The smallest absolute Gasteiger partial charge is 0.280 e. The van der Waals surface area contributed by atoms with Crippen LogP contribution in [0, 0.1) is 5.82 Å². The molecule has 0 radical (unpaired) electrons. The van der Waals surface area contributed by atoms with E-state index in [0.717, 1.165) is 6.21 Å². The first-order chi connectivity index (χ1) is 12.0. The fourth-order valence-corrected chi connectivity index (χ4v) is 2.48. The Bertz CT molecular complexity index is 1060. The molecule has 3 rings (SSSR count). The molecule has 25 heavy (non-hydrogen) atoms. The maximum atomic E-state index is 13.5. The summed E-state index contributed by atoms with van der Waals surface area (Å²) in [5.41, 5.74) is 1.73. The number of nitrogens with zero attached hydrogens (tertiary/aromatic N) is 2. The highest BCUT2D eigenvalue weighted by Crippen LogP contribution is 2.25. The second-order valence-electron chi connectivity index (χ2n) is 5.33. The summed E-state index contributed by atoms with van der Waals surface area (Å²) in [5.74, 6) is -1.79. The molecule has 0 fully saturated rings. The van der Waals surface area contributed by atoms with Crippen LogP contribution in [-0.2, 0) is 7.05 Å². The first-order valence-corrected chi connectivity index (χ1v) is 7.39. The average Bonchev–Trinajstić information content (AvgIpc) is 2.61. The normalized spacial score (nSPS) is 11.1. The van der Waals surface area contributed by atoms with Crippen molar-refractivity contribution in [3.8, 4) is 5.75 Å². The van der Waals surface area contributed by atoms with E-state index in [0.29, 0.717) is 10.9 Å². The van der Waals surface area contributed by atoms with Gasteiger partial charge in [-0.1, -0.05) is 30.3 Å². The van der Waals surface area contributed by atoms with Crippen LogP contribution >= 0.6 is 0 Å². The fraction of sp³-hybridized carbons (Fsp3) is 0.0556. The summed E-state index contributed by atoms with van der Waals surface area (Å²) < 4.78 is 14.8. The van der Waals surface area contributed by atoms with Crippen LogP contribution < -0.4 is 11.0 Å². The maximum absolute atomic E-state index is 13.5. The van der Waals surface area contributed by atoms with Crippen LogP contribution in [0.5, 0.6) is 5.75 Å². The molecule has 3 aromatic rings. The van der Waals surface area contributed by atoms with Crippen molar-refractivity contribution in [2.75, 3.05) is 0 Å². The number of hydrazone groups is 1. The van der Waals surface area contributed by atoms with Crippen molar-refractivity contribution in [2.24, 2.45) is 12.1 Å². The van der Waals surface area contributed by atoms with E-state index < -0.39 is 28.6 Å². The molecule has 0 spiro atoms. The van der Waals surface area contributed by atoms with Crippen molar-refractivity contribution < 1.29 is 14.3 Å². The molecule has 0 atom stereocenters.